The maximum atomic E-state index is 12.0. The third kappa shape index (κ3) is 5.02. The Morgan fingerprint density at radius 2 is 1.89 bits per heavy atom. The number of aromatic nitrogens is 2. The van der Waals surface area contributed by atoms with Gasteiger partial charge >= 0.3 is 6.18 Å². The van der Waals surface area contributed by atoms with Crippen LogP contribution in [0.2, 0.25) is 0 Å². The Balaban J connectivity index is 2.79. The maximum absolute atomic E-state index is 12.0. The number of alkyl halides is 3. The Bertz CT molecular complexity index is 421. The second-order valence-corrected chi connectivity index (χ2v) is 4.04. The zero-order valence-electron chi connectivity index (χ0n) is 11.3. The van der Waals surface area contributed by atoms with Crippen LogP contribution in [0.15, 0.2) is 0 Å². The number of halogens is 3. The number of aryl methyl sites for hydroxylation is 1. The first-order valence-electron chi connectivity index (χ1n) is 6.12. The van der Waals surface area contributed by atoms with Gasteiger partial charge in [0.25, 0.3) is 0 Å². The van der Waals surface area contributed by atoms with Gasteiger partial charge in [0.15, 0.2) is 5.82 Å². The van der Waals surface area contributed by atoms with Crippen molar-refractivity contribution < 1.29 is 17.9 Å². The highest BCUT2D eigenvalue weighted by molar-refractivity contribution is 5.46. The molecule has 0 unspecified atom stereocenters. The first-order valence-corrected chi connectivity index (χ1v) is 6.12. The van der Waals surface area contributed by atoms with Gasteiger partial charge in [-0.2, -0.15) is 13.2 Å². The molecule has 4 nitrogen and oxygen atoms in total. The maximum Gasteiger partial charge on any atom is 0.411 e. The van der Waals surface area contributed by atoms with Gasteiger partial charge < -0.3 is 10.1 Å². The molecule has 108 valence electrons. The Morgan fingerprint density at radius 3 is 2.42 bits per heavy atom. The molecule has 19 heavy (non-hydrogen) atoms. The molecule has 0 saturated heterocycles. The van der Waals surface area contributed by atoms with E-state index in [1.165, 1.54) is 0 Å². The van der Waals surface area contributed by atoms with E-state index in [0.717, 1.165) is 17.7 Å². The monoisotopic (exact) mass is 277 g/mol. The zero-order chi connectivity index (χ0) is 14.5. The normalized spacial score (nSPS) is 11.7. The SMILES string of the molecule is CCNc1nc(COCC(F)(F)F)nc(C)c1CC. The Labute approximate surface area is 110 Å². The molecule has 0 amide bonds. The van der Waals surface area contributed by atoms with E-state index in [0.29, 0.717) is 12.4 Å². The van der Waals surface area contributed by atoms with E-state index >= 15 is 0 Å². The van der Waals surface area contributed by atoms with Gasteiger partial charge in [0.2, 0.25) is 0 Å². The van der Waals surface area contributed by atoms with Crippen molar-refractivity contribution in [3.63, 3.8) is 0 Å². The van der Waals surface area contributed by atoms with Gasteiger partial charge in [-0.25, -0.2) is 9.97 Å². The molecule has 1 aromatic rings. The summed E-state index contributed by atoms with van der Waals surface area (Å²) in [6.45, 7) is 4.87. The topological polar surface area (TPSA) is 47.0 Å². The lowest BCUT2D eigenvalue weighted by Crippen LogP contribution is -2.18. The second-order valence-electron chi connectivity index (χ2n) is 4.04. The van der Waals surface area contributed by atoms with Crippen molar-refractivity contribution in [2.45, 2.75) is 40.0 Å². The van der Waals surface area contributed by atoms with Gasteiger partial charge in [0, 0.05) is 17.8 Å². The molecular formula is C12H18F3N3O. The van der Waals surface area contributed by atoms with Crippen molar-refractivity contribution in [2.75, 3.05) is 18.5 Å². The van der Waals surface area contributed by atoms with Crippen molar-refractivity contribution in [2.24, 2.45) is 0 Å². The van der Waals surface area contributed by atoms with Crippen LogP contribution in [0.25, 0.3) is 0 Å². The molecule has 0 aliphatic rings. The molecule has 0 atom stereocenters. The first-order chi connectivity index (χ1) is 8.87. The lowest BCUT2D eigenvalue weighted by Gasteiger charge is -2.13. The third-order valence-electron chi connectivity index (χ3n) is 2.45. The van der Waals surface area contributed by atoms with Crippen LogP contribution in [0.3, 0.4) is 0 Å². The lowest BCUT2D eigenvalue weighted by molar-refractivity contribution is -0.177. The first kappa shape index (κ1) is 15.7. The average molecular weight is 277 g/mol. The van der Waals surface area contributed by atoms with E-state index in [1.807, 2.05) is 20.8 Å². The number of hydrogen-bond donors (Lipinski definition) is 1. The van der Waals surface area contributed by atoms with Gasteiger partial charge in [0.1, 0.15) is 19.0 Å². The number of hydrogen-bond acceptors (Lipinski definition) is 4. The van der Waals surface area contributed by atoms with Crippen LogP contribution < -0.4 is 5.32 Å². The van der Waals surface area contributed by atoms with Crippen molar-refractivity contribution in [1.29, 1.82) is 0 Å². The summed E-state index contributed by atoms with van der Waals surface area (Å²) in [7, 11) is 0. The summed E-state index contributed by atoms with van der Waals surface area (Å²) in [5.41, 5.74) is 1.74. The van der Waals surface area contributed by atoms with Crippen molar-refractivity contribution >= 4 is 5.82 Å². The van der Waals surface area contributed by atoms with Crippen LogP contribution in [0.5, 0.6) is 0 Å². The minimum Gasteiger partial charge on any atom is -0.370 e. The molecule has 0 aliphatic carbocycles. The summed E-state index contributed by atoms with van der Waals surface area (Å²) in [5, 5.41) is 3.09. The molecule has 7 heteroatoms. The van der Waals surface area contributed by atoms with E-state index in [4.69, 9.17) is 0 Å². The standard InChI is InChI=1S/C12H18F3N3O/c1-4-9-8(3)17-10(18-11(9)16-5-2)6-19-7-12(13,14)15/h4-7H2,1-3H3,(H,16,17,18). The van der Waals surface area contributed by atoms with E-state index in [1.54, 1.807) is 0 Å². The lowest BCUT2D eigenvalue weighted by atomic mass is 10.1. The third-order valence-corrected chi connectivity index (χ3v) is 2.45. The van der Waals surface area contributed by atoms with Crippen LogP contribution in [-0.2, 0) is 17.8 Å². The number of nitrogens with zero attached hydrogens (tertiary/aromatic N) is 2. The highest BCUT2D eigenvalue weighted by Gasteiger charge is 2.27. The van der Waals surface area contributed by atoms with Crippen LogP contribution >= 0.6 is 0 Å². The minimum absolute atomic E-state index is 0.247. The fraction of sp³-hybridized carbons (Fsp3) is 0.667. The number of ether oxygens (including phenoxy) is 1. The molecule has 1 N–H and O–H groups in total. The highest BCUT2D eigenvalue weighted by Crippen LogP contribution is 2.18. The number of anilines is 1. The molecule has 1 rings (SSSR count). The summed E-state index contributed by atoms with van der Waals surface area (Å²) in [6.07, 6.45) is -3.57. The minimum atomic E-state index is -4.33. The Kier molecular flexibility index (Phi) is 5.53. The number of nitrogens with one attached hydrogen (secondary N) is 1. The summed E-state index contributed by atoms with van der Waals surface area (Å²) < 4.78 is 40.5. The quantitative estimate of drug-likeness (QED) is 0.868. The van der Waals surface area contributed by atoms with Crippen molar-refractivity contribution in [3.8, 4) is 0 Å². The molecular weight excluding hydrogens is 259 g/mol. The molecule has 0 bridgehead atoms. The van der Waals surface area contributed by atoms with Gasteiger partial charge in [-0.3, -0.25) is 0 Å². The molecule has 0 aromatic carbocycles. The Morgan fingerprint density at radius 1 is 1.21 bits per heavy atom. The van der Waals surface area contributed by atoms with Gasteiger partial charge in [-0.05, 0) is 20.3 Å². The van der Waals surface area contributed by atoms with Crippen LogP contribution in [0.4, 0.5) is 19.0 Å². The summed E-state index contributed by atoms with van der Waals surface area (Å²) in [5.74, 6) is 0.929. The van der Waals surface area contributed by atoms with Gasteiger partial charge in [-0.15, -0.1) is 0 Å². The molecule has 0 aliphatic heterocycles. The van der Waals surface area contributed by atoms with E-state index in [9.17, 15) is 13.2 Å². The highest BCUT2D eigenvalue weighted by atomic mass is 19.4. The van der Waals surface area contributed by atoms with Gasteiger partial charge in [-0.1, -0.05) is 6.92 Å². The van der Waals surface area contributed by atoms with Crippen molar-refractivity contribution in [3.05, 3.63) is 17.1 Å². The average Bonchev–Trinajstić information content (AvgIpc) is 2.27. The molecule has 0 radical (unpaired) electrons. The molecule has 1 aromatic heterocycles. The molecule has 1 heterocycles. The predicted octanol–water partition coefficient (Wildman–Crippen LogP) is 2.86. The summed E-state index contributed by atoms with van der Waals surface area (Å²) in [6, 6.07) is 0. The smallest absolute Gasteiger partial charge is 0.370 e. The zero-order valence-corrected chi connectivity index (χ0v) is 11.3. The largest absolute Gasteiger partial charge is 0.411 e. The molecule has 0 spiro atoms. The van der Waals surface area contributed by atoms with Crippen LogP contribution in [-0.4, -0.2) is 29.3 Å². The van der Waals surface area contributed by atoms with E-state index in [-0.39, 0.29) is 12.4 Å². The van der Waals surface area contributed by atoms with Crippen molar-refractivity contribution in [1.82, 2.24) is 9.97 Å². The fourth-order valence-electron chi connectivity index (χ4n) is 1.71. The van der Waals surface area contributed by atoms with Gasteiger partial charge in [0.05, 0.1) is 0 Å². The second kappa shape index (κ2) is 6.70. The van der Waals surface area contributed by atoms with E-state index in [2.05, 4.69) is 20.0 Å². The summed E-state index contributed by atoms with van der Waals surface area (Å²) >= 11 is 0. The van der Waals surface area contributed by atoms with Crippen LogP contribution in [0, 0.1) is 6.92 Å². The van der Waals surface area contributed by atoms with Crippen LogP contribution in [0.1, 0.15) is 30.9 Å². The van der Waals surface area contributed by atoms with E-state index < -0.39 is 12.8 Å². The fourth-order valence-corrected chi connectivity index (χ4v) is 1.71. The summed E-state index contributed by atoms with van der Waals surface area (Å²) in [4.78, 5) is 8.36. The molecule has 0 fully saturated rings. The number of rotatable bonds is 6. The predicted molar refractivity (Wildman–Crippen MR) is 66.0 cm³/mol. The molecule has 0 saturated carbocycles. The Hall–Kier alpha value is -1.37.